The van der Waals surface area contributed by atoms with Gasteiger partial charge in [0.05, 0.1) is 5.39 Å². The maximum absolute atomic E-state index is 12.6. The molecule has 0 spiro atoms. The quantitative estimate of drug-likeness (QED) is 0.723. The highest BCUT2D eigenvalue weighted by Crippen LogP contribution is 2.30. The monoisotopic (exact) mass is 390 g/mol. The summed E-state index contributed by atoms with van der Waals surface area (Å²) in [5.41, 5.74) is 3.03. The van der Waals surface area contributed by atoms with Crippen molar-refractivity contribution in [3.8, 4) is 16.9 Å². The highest BCUT2D eigenvalue weighted by atomic mass is 16.5. The second kappa shape index (κ2) is 8.11. The molecule has 5 heteroatoms. The molecule has 1 aliphatic rings. The average Bonchev–Trinajstić information content (AvgIpc) is 2.75. The smallest absolute Gasteiger partial charge is 0.263 e. The van der Waals surface area contributed by atoms with E-state index in [1.165, 1.54) is 6.42 Å². The normalized spacial score (nSPS) is 15.3. The maximum atomic E-state index is 12.6. The maximum Gasteiger partial charge on any atom is 0.263 e. The molecule has 1 N–H and O–H groups in total. The number of H-pyrrole nitrogens is 1. The number of aromatic amines is 1. The van der Waals surface area contributed by atoms with Crippen LogP contribution in [0.25, 0.3) is 21.9 Å². The Morgan fingerprint density at radius 1 is 1.03 bits per heavy atom. The minimum absolute atomic E-state index is 0.00682. The first-order valence-electron chi connectivity index (χ1n) is 10.2. The van der Waals surface area contributed by atoms with E-state index in [1.807, 2.05) is 35.2 Å². The fourth-order valence-electron chi connectivity index (χ4n) is 4.04. The van der Waals surface area contributed by atoms with Gasteiger partial charge in [-0.2, -0.15) is 0 Å². The summed E-state index contributed by atoms with van der Waals surface area (Å²) in [5.74, 6) is 0.537. The molecule has 0 saturated carbocycles. The Hall–Kier alpha value is -3.08. The molecular weight excluding hydrogens is 364 g/mol. The van der Waals surface area contributed by atoms with Gasteiger partial charge in [-0.1, -0.05) is 24.3 Å². The molecule has 2 aromatic carbocycles. The Morgan fingerprint density at radius 3 is 2.55 bits per heavy atom. The molecule has 1 amide bonds. The number of pyridine rings is 1. The molecule has 1 aromatic heterocycles. The highest BCUT2D eigenvalue weighted by Gasteiger charge is 2.23. The van der Waals surface area contributed by atoms with Crippen LogP contribution < -0.4 is 10.3 Å². The minimum Gasteiger partial charge on any atom is -0.481 e. The number of piperidine rings is 1. The van der Waals surface area contributed by atoms with Gasteiger partial charge in [0.2, 0.25) is 0 Å². The standard InChI is InChI=1S/C24H26N2O3/c1-16-8-4-5-9-19(16)22-15-25-23(27)21-14-18(10-11-20(21)22)29-17(2)24(28)26-12-6-3-7-13-26/h4-5,8-11,14-15,17H,3,6-7,12-13H2,1-2H3,(H,25,27). The number of rotatable bonds is 4. The predicted molar refractivity (Wildman–Crippen MR) is 115 cm³/mol. The first-order chi connectivity index (χ1) is 14.0. The van der Waals surface area contributed by atoms with Crippen molar-refractivity contribution in [1.82, 2.24) is 9.88 Å². The third kappa shape index (κ3) is 3.90. The van der Waals surface area contributed by atoms with E-state index in [9.17, 15) is 9.59 Å². The van der Waals surface area contributed by atoms with Crippen LogP contribution in [0.4, 0.5) is 0 Å². The largest absolute Gasteiger partial charge is 0.481 e. The van der Waals surface area contributed by atoms with Crippen LogP contribution in [0.1, 0.15) is 31.7 Å². The fraction of sp³-hybridized carbons (Fsp3) is 0.333. The third-order valence-corrected chi connectivity index (χ3v) is 5.64. The summed E-state index contributed by atoms with van der Waals surface area (Å²) in [6, 6.07) is 13.6. The van der Waals surface area contributed by atoms with Crippen LogP contribution in [0.15, 0.2) is 53.5 Å². The number of carbonyl (C=O) groups excluding carboxylic acids is 1. The average molecular weight is 390 g/mol. The van der Waals surface area contributed by atoms with Gasteiger partial charge in [-0.3, -0.25) is 9.59 Å². The molecule has 2 heterocycles. The molecule has 1 saturated heterocycles. The number of fused-ring (bicyclic) bond motifs is 1. The Kier molecular flexibility index (Phi) is 5.38. The predicted octanol–water partition coefficient (Wildman–Crippen LogP) is 4.28. The summed E-state index contributed by atoms with van der Waals surface area (Å²) in [6.07, 6.45) is 4.45. The third-order valence-electron chi connectivity index (χ3n) is 5.64. The van der Waals surface area contributed by atoms with E-state index in [2.05, 4.69) is 18.0 Å². The zero-order chi connectivity index (χ0) is 20.4. The molecule has 0 aliphatic carbocycles. The van der Waals surface area contributed by atoms with E-state index in [-0.39, 0.29) is 11.5 Å². The Balaban J connectivity index is 1.64. The van der Waals surface area contributed by atoms with Gasteiger partial charge in [-0.05, 0) is 67.8 Å². The number of aryl methyl sites for hydroxylation is 1. The molecule has 1 unspecified atom stereocenters. The summed E-state index contributed by atoms with van der Waals surface area (Å²) < 4.78 is 5.92. The summed E-state index contributed by atoms with van der Waals surface area (Å²) in [5, 5.41) is 1.42. The highest BCUT2D eigenvalue weighted by molar-refractivity contribution is 5.97. The van der Waals surface area contributed by atoms with Gasteiger partial charge in [-0.15, -0.1) is 0 Å². The number of nitrogens with one attached hydrogen (secondary N) is 1. The molecule has 29 heavy (non-hydrogen) atoms. The van der Waals surface area contributed by atoms with Gasteiger partial charge in [-0.25, -0.2) is 0 Å². The number of nitrogens with zero attached hydrogens (tertiary/aromatic N) is 1. The second-order valence-corrected chi connectivity index (χ2v) is 7.70. The van der Waals surface area contributed by atoms with Gasteiger partial charge in [0.15, 0.2) is 6.10 Å². The first-order valence-corrected chi connectivity index (χ1v) is 10.2. The van der Waals surface area contributed by atoms with E-state index in [4.69, 9.17) is 4.74 Å². The number of ether oxygens (including phenoxy) is 1. The van der Waals surface area contributed by atoms with Crippen LogP contribution in [0.5, 0.6) is 5.75 Å². The van der Waals surface area contributed by atoms with E-state index >= 15 is 0 Å². The Bertz CT molecular complexity index is 1100. The molecule has 1 aliphatic heterocycles. The topological polar surface area (TPSA) is 62.4 Å². The molecule has 1 atom stereocenters. The zero-order valence-corrected chi connectivity index (χ0v) is 16.9. The fourth-order valence-corrected chi connectivity index (χ4v) is 4.04. The summed E-state index contributed by atoms with van der Waals surface area (Å²) >= 11 is 0. The van der Waals surface area contributed by atoms with Gasteiger partial charge < -0.3 is 14.6 Å². The number of carbonyl (C=O) groups is 1. The van der Waals surface area contributed by atoms with Gasteiger partial charge in [0.1, 0.15) is 5.75 Å². The Labute approximate surface area is 170 Å². The molecule has 1 fully saturated rings. The molecule has 150 valence electrons. The molecule has 0 bridgehead atoms. The lowest BCUT2D eigenvalue weighted by Crippen LogP contribution is -2.43. The SMILES string of the molecule is Cc1ccccc1-c1c[nH]c(=O)c2cc(OC(C)C(=O)N3CCCCC3)ccc12. The van der Waals surface area contributed by atoms with Crippen molar-refractivity contribution in [2.75, 3.05) is 13.1 Å². The van der Waals surface area contributed by atoms with E-state index < -0.39 is 6.10 Å². The lowest BCUT2D eigenvalue weighted by molar-refractivity contribution is -0.138. The number of hydrogen-bond acceptors (Lipinski definition) is 3. The van der Waals surface area contributed by atoms with Gasteiger partial charge >= 0.3 is 0 Å². The van der Waals surface area contributed by atoms with Gasteiger partial charge in [0.25, 0.3) is 11.5 Å². The minimum atomic E-state index is -0.579. The van der Waals surface area contributed by atoms with E-state index in [0.717, 1.165) is 48.0 Å². The lowest BCUT2D eigenvalue weighted by atomic mass is 9.97. The van der Waals surface area contributed by atoms with Crippen molar-refractivity contribution in [3.05, 3.63) is 64.6 Å². The van der Waals surface area contributed by atoms with Gasteiger partial charge in [0, 0.05) is 24.8 Å². The lowest BCUT2D eigenvalue weighted by Gasteiger charge is -2.29. The summed E-state index contributed by atoms with van der Waals surface area (Å²) in [7, 11) is 0. The number of benzene rings is 2. The second-order valence-electron chi connectivity index (χ2n) is 7.70. The van der Waals surface area contributed by atoms with Crippen LogP contribution in [-0.4, -0.2) is 35.0 Å². The molecule has 4 rings (SSSR count). The first kappa shape index (κ1) is 19.2. The molecule has 0 radical (unpaired) electrons. The molecule has 3 aromatic rings. The van der Waals surface area contributed by atoms with Crippen molar-refractivity contribution in [3.63, 3.8) is 0 Å². The van der Waals surface area contributed by atoms with Crippen molar-refractivity contribution < 1.29 is 9.53 Å². The van der Waals surface area contributed by atoms with Crippen molar-refractivity contribution in [2.24, 2.45) is 0 Å². The number of amides is 1. The van der Waals surface area contributed by atoms with Crippen LogP contribution in [0.2, 0.25) is 0 Å². The zero-order valence-electron chi connectivity index (χ0n) is 16.9. The number of hydrogen-bond donors (Lipinski definition) is 1. The van der Waals surface area contributed by atoms with Crippen LogP contribution in [0, 0.1) is 6.92 Å². The number of likely N-dealkylation sites (tertiary alicyclic amines) is 1. The summed E-state index contributed by atoms with van der Waals surface area (Å²) in [4.78, 5) is 29.8. The van der Waals surface area contributed by atoms with Crippen molar-refractivity contribution in [2.45, 2.75) is 39.2 Å². The molecule has 5 nitrogen and oxygen atoms in total. The van der Waals surface area contributed by atoms with Crippen LogP contribution in [0.3, 0.4) is 0 Å². The molecular formula is C24H26N2O3. The van der Waals surface area contributed by atoms with Crippen molar-refractivity contribution >= 4 is 16.7 Å². The van der Waals surface area contributed by atoms with Crippen molar-refractivity contribution in [1.29, 1.82) is 0 Å². The van der Waals surface area contributed by atoms with E-state index in [1.54, 1.807) is 19.2 Å². The van der Waals surface area contributed by atoms with Crippen LogP contribution in [-0.2, 0) is 4.79 Å². The number of aromatic nitrogens is 1. The van der Waals surface area contributed by atoms with Crippen LogP contribution >= 0.6 is 0 Å². The Morgan fingerprint density at radius 2 is 1.79 bits per heavy atom. The van der Waals surface area contributed by atoms with E-state index in [0.29, 0.717) is 11.1 Å². The summed E-state index contributed by atoms with van der Waals surface area (Å²) in [6.45, 7) is 5.42.